The molecule has 3 nitrogen and oxygen atoms in total. The van der Waals surface area contributed by atoms with Gasteiger partial charge in [-0.25, -0.2) is 0 Å². The van der Waals surface area contributed by atoms with Crippen molar-refractivity contribution in [1.29, 1.82) is 0 Å². The first-order valence-electron chi connectivity index (χ1n) is 5.84. The van der Waals surface area contributed by atoms with Gasteiger partial charge >= 0.3 is 0 Å². The lowest BCUT2D eigenvalue weighted by molar-refractivity contribution is 0.369. The fourth-order valence-electron chi connectivity index (χ4n) is 2.87. The molecule has 2 aliphatic rings. The zero-order chi connectivity index (χ0) is 11.0. The van der Waals surface area contributed by atoms with Crippen molar-refractivity contribution < 1.29 is 0 Å². The normalized spacial score (nSPS) is 29.2. The van der Waals surface area contributed by atoms with Gasteiger partial charge in [-0.3, -0.25) is 4.98 Å². The molecule has 86 valence electrons. The number of hydrogen-bond acceptors (Lipinski definition) is 3. The van der Waals surface area contributed by atoms with Crippen LogP contribution in [0.5, 0.6) is 0 Å². The number of rotatable bonds is 1. The van der Waals surface area contributed by atoms with E-state index in [4.69, 9.17) is 0 Å². The highest BCUT2D eigenvalue weighted by Crippen LogP contribution is 2.38. The van der Waals surface area contributed by atoms with Gasteiger partial charge in [0.1, 0.15) is 0 Å². The van der Waals surface area contributed by atoms with Crippen molar-refractivity contribution in [1.82, 2.24) is 10.3 Å². The number of pyridine rings is 1. The molecule has 1 N–H and O–H groups in total. The van der Waals surface area contributed by atoms with Crippen LogP contribution in [0.1, 0.15) is 12.8 Å². The van der Waals surface area contributed by atoms with E-state index in [1.165, 1.54) is 44.7 Å². The average molecular weight is 282 g/mol. The third kappa shape index (κ3) is 1.84. The molecule has 3 rings (SSSR count). The molecule has 0 radical (unpaired) electrons. The first-order valence-corrected chi connectivity index (χ1v) is 6.63. The Kier molecular flexibility index (Phi) is 2.64. The fraction of sp³-hybridized carbons (Fsp3) is 0.583. The molecule has 0 amide bonds. The van der Waals surface area contributed by atoms with Gasteiger partial charge in [0.05, 0.1) is 11.9 Å². The Morgan fingerprint density at radius 3 is 3.06 bits per heavy atom. The van der Waals surface area contributed by atoms with Crippen LogP contribution < -0.4 is 10.2 Å². The van der Waals surface area contributed by atoms with Crippen molar-refractivity contribution in [3.05, 3.63) is 22.9 Å². The molecule has 2 aliphatic heterocycles. The van der Waals surface area contributed by atoms with Crippen molar-refractivity contribution in [2.45, 2.75) is 12.8 Å². The van der Waals surface area contributed by atoms with Crippen LogP contribution in [-0.4, -0.2) is 31.2 Å². The highest BCUT2D eigenvalue weighted by atomic mass is 79.9. The number of hydrogen-bond donors (Lipinski definition) is 1. The topological polar surface area (TPSA) is 28.2 Å². The van der Waals surface area contributed by atoms with Crippen LogP contribution in [0.15, 0.2) is 22.9 Å². The summed E-state index contributed by atoms with van der Waals surface area (Å²) >= 11 is 3.48. The summed E-state index contributed by atoms with van der Waals surface area (Å²) in [4.78, 5) is 6.70. The summed E-state index contributed by atoms with van der Waals surface area (Å²) in [7, 11) is 0. The zero-order valence-electron chi connectivity index (χ0n) is 9.25. The van der Waals surface area contributed by atoms with Crippen molar-refractivity contribution in [3.63, 3.8) is 0 Å². The maximum Gasteiger partial charge on any atom is 0.0564 e. The Bertz CT molecular complexity index is 388. The molecule has 1 aromatic rings. The van der Waals surface area contributed by atoms with E-state index in [2.05, 4.69) is 37.2 Å². The maximum absolute atomic E-state index is 4.24. The lowest BCUT2D eigenvalue weighted by Gasteiger charge is -2.23. The molecule has 1 spiro atoms. The van der Waals surface area contributed by atoms with Gasteiger partial charge in [0, 0.05) is 35.7 Å². The van der Waals surface area contributed by atoms with Gasteiger partial charge in [-0.05, 0) is 41.4 Å². The van der Waals surface area contributed by atoms with Crippen molar-refractivity contribution in [2.24, 2.45) is 5.41 Å². The molecule has 0 aromatic carbocycles. The molecule has 1 unspecified atom stereocenters. The number of halogens is 1. The van der Waals surface area contributed by atoms with Crippen LogP contribution in [0, 0.1) is 5.41 Å². The first kappa shape index (κ1) is 10.5. The average Bonchev–Trinajstić information content (AvgIpc) is 2.90. The van der Waals surface area contributed by atoms with E-state index in [-0.39, 0.29) is 0 Å². The molecule has 2 saturated heterocycles. The summed E-state index contributed by atoms with van der Waals surface area (Å²) in [6.45, 7) is 4.72. The molecule has 2 fully saturated rings. The van der Waals surface area contributed by atoms with Crippen LogP contribution in [0.2, 0.25) is 0 Å². The third-order valence-corrected chi connectivity index (χ3v) is 4.26. The van der Waals surface area contributed by atoms with Gasteiger partial charge in [-0.2, -0.15) is 0 Å². The van der Waals surface area contributed by atoms with Gasteiger partial charge < -0.3 is 10.2 Å². The summed E-state index contributed by atoms with van der Waals surface area (Å²) in [5.41, 5.74) is 1.78. The zero-order valence-corrected chi connectivity index (χ0v) is 10.8. The van der Waals surface area contributed by atoms with Crippen LogP contribution in [0.25, 0.3) is 0 Å². The summed E-state index contributed by atoms with van der Waals surface area (Å²) in [5.74, 6) is 0. The highest BCUT2D eigenvalue weighted by molar-refractivity contribution is 9.10. The van der Waals surface area contributed by atoms with Gasteiger partial charge in [0.2, 0.25) is 0 Å². The predicted octanol–water partition coefficient (Wildman–Crippen LogP) is 2.03. The summed E-state index contributed by atoms with van der Waals surface area (Å²) < 4.78 is 1.07. The smallest absolute Gasteiger partial charge is 0.0564 e. The molecule has 1 aromatic heterocycles. The second kappa shape index (κ2) is 4.00. The predicted molar refractivity (Wildman–Crippen MR) is 68.7 cm³/mol. The third-order valence-electron chi connectivity index (χ3n) is 3.83. The number of nitrogens with zero attached hydrogens (tertiary/aromatic N) is 2. The van der Waals surface area contributed by atoms with E-state index >= 15 is 0 Å². The molecule has 1 atom stereocenters. The Hall–Kier alpha value is -0.610. The molecule has 0 aliphatic carbocycles. The second-order valence-corrected chi connectivity index (χ2v) is 5.88. The van der Waals surface area contributed by atoms with E-state index in [1.54, 1.807) is 0 Å². The molecular formula is C12H16BrN3. The Morgan fingerprint density at radius 1 is 1.38 bits per heavy atom. The molecule has 16 heavy (non-hydrogen) atoms. The van der Waals surface area contributed by atoms with Gasteiger partial charge in [-0.1, -0.05) is 0 Å². The van der Waals surface area contributed by atoms with Gasteiger partial charge in [0.25, 0.3) is 0 Å². The van der Waals surface area contributed by atoms with E-state index in [9.17, 15) is 0 Å². The Labute approximate surface area is 104 Å². The van der Waals surface area contributed by atoms with E-state index in [0.29, 0.717) is 5.41 Å². The Morgan fingerprint density at radius 2 is 2.31 bits per heavy atom. The minimum atomic E-state index is 0.530. The molecular weight excluding hydrogens is 266 g/mol. The van der Waals surface area contributed by atoms with Gasteiger partial charge in [0.15, 0.2) is 0 Å². The monoisotopic (exact) mass is 281 g/mol. The number of aromatic nitrogens is 1. The van der Waals surface area contributed by atoms with E-state index in [1.807, 2.05) is 12.4 Å². The SMILES string of the molecule is Brc1cncc(N2CCC3(CCNC3)C2)c1. The van der Waals surface area contributed by atoms with Crippen LogP contribution in [0.4, 0.5) is 5.69 Å². The molecule has 4 heteroatoms. The largest absolute Gasteiger partial charge is 0.370 e. The number of anilines is 1. The quantitative estimate of drug-likeness (QED) is 0.854. The summed E-state index contributed by atoms with van der Waals surface area (Å²) in [5, 5.41) is 3.49. The van der Waals surface area contributed by atoms with Crippen LogP contribution in [0.3, 0.4) is 0 Å². The lowest BCUT2D eigenvalue weighted by atomic mass is 9.87. The minimum absolute atomic E-state index is 0.530. The van der Waals surface area contributed by atoms with E-state index < -0.39 is 0 Å². The van der Waals surface area contributed by atoms with Gasteiger partial charge in [-0.15, -0.1) is 0 Å². The summed E-state index contributed by atoms with van der Waals surface area (Å²) in [6.07, 6.45) is 6.44. The minimum Gasteiger partial charge on any atom is -0.370 e. The maximum atomic E-state index is 4.24. The van der Waals surface area contributed by atoms with Crippen molar-refractivity contribution in [3.8, 4) is 0 Å². The molecule has 0 bridgehead atoms. The van der Waals surface area contributed by atoms with Crippen molar-refractivity contribution >= 4 is 21.6 Å². The Balaban J connectivity index is 1.78. The van der Waals surface area contributed by atoms with Crippen molar-refractivity contribution in [2.75, 3.05) is 31.1 Å². The lowest BCUT2D eigenvalue weighted by Crippen LogP contribution is -2.29. The van der Waals surface area contributed by atoms with E-state index in [0.717, 1.165) is 4.47 Å². The number of nitrogens with one attached hydrogen (secondary N) is 1. The standard InChI is InChI=1S/C12H16BrN3/c13-10-5-11(7-15-6-10)16-4-2-12(9-16)1-3-14-8-12/h5-7,14H,1-4,8-9H2. The second-order valence-electron chi connectivity index (χ2n) is 4.96. The van der Waals surface area contributed by atoms with Crippen LogP contribution >= 0.6 is 15.9 Å². The molecule has 0 saturated carbocycles. The van der Waals surface area contributed by atoms with Crippen LogP contribution in [-0.2, 0) is 0 Å². The summed E-state index contributed by atoms with van der Waals surface area (Å²) in [6, 6.07) is 2.16. The first-order chi connectivity index (χ1) is 7.77. The fourth-order valence-corrected chi connectivity index (χ4v) is 3.23. The molecule has 3 heterocycles. The highest BCUT2D eigenvalue weighted by Gasteiger charge is 2.40.